The average Bonchev–Trinajstić information content (AvgIpc) is 2.78. The number of hydrogen-bond donors (Lipinski definition) is 3. The van der Waals surface area contributed by atoms with Crippen molar-refractivity contribution in [1.82, 2.24) is 10.6 Å². The van der Waals surface area contributed by atoms with E-state index in [1.165, 1.54) is 0 Å². The van der Waals surface area contributed by atoms with Gasteiger partial charge in [-0.3, -0.25) is 14.9 Å². The van der Waals surface area contributed by atoms with Gasteiger partial charge in [-0.15, -0.1) is 0 Å². The molecule has 0 aromatic heterocycles. The van der Waals surface area contributed by atoms with Gasteiger partial charge < -0.3 is 20.5 Å². The van der Waals surface area contributed by atoms with Crippen molar-refractivity contribution in [1.29, 1.82) is 0 Å². The summed E-state index contributed by atoms with van der Waals surface area (Å²) >= 11 is 0. The Bertz CT molecular complexity index is 945. The first-order valence-corrected chi connectivity index (χ1v) is 11.0. The van der Waals surface area contributed by atoms with Crippen molar-refractivity contribution in [2.75, 3.05) is 20.8 Å². The number of methoxy groups -OCH3 is 2. The second kappa shape index (κ2) is 13.1. The van der Waals surface area contributed by atoms with Crippen molar-refractivity contribution in [3.63, 3.8) is 0 Å². The van der Waals surface area contributed by atoms with E-state index in [9.17, 15) is 9.59 Å². The molecule has 2 aromatic carbocycles. The molecule has 0 spiro atoms. The predicted octanol–water partition coefficient (Wildman–Crippen LogP) is 2.45. The first-order valence-electron chi connectivity index (χ1n) is 11.0. The zero-order chi connectivity index (χ0) is 24.2. The lowest BCUT2D eigenvalue weighted by Crippen LogP contribution is -2.42. The third kappa shape index (κ3) is 8.84. The van der Waals surface area contributed by atoms with E-state index in [1.807, 2.05) is 62.4 Å². The minimum Gasteiger partial charge on any atom is -0.493 e. The summed E-state index contributed by atoms with van der Waals surface area (Å²) in [5, 5.41) is 5.49. The number of carbonyl (C=O) groups is 2. The number of nitrogens with zero attached hydrogens (tertiary/aromatic N) is 1. The van der Waals surface area contributed by atoms with Crippen LogP contribution in [0.1, 0.15) is 31.4 Å². The molecule has 178 valence electrons. The lowest BCUT2D eigenvalue weighted by atomic mass is 10.1. The van der Waals surface area contributed by atoms with E-state index < -0.39 is 6.04 Å². The molecule has 0 saturated heterocycles. The van der Waals surface area contributed by atoms with Crippen molar-refractivity contribution in [2.24, 2.45) is 16.6 Å². The summed E-state index contributed by atoms with van der Waals surface area (Å²) in [6.07, 6.45) is 1.30. The van der Waals surface area contributed by atoms with Crippen LogP contribution in [0, 0.1) is 5.92 Å². The number of nitrogens with two attached hydrogens (primary N) is 1. The molecule has 2 rings (SSSR count). The Balaban J connectivity index is 2.05. The summed E-state index contributed by atoms with van der Waals surface area (Å²) in [7, 11) is 3.17. The van der Waals surface area contributed by atoms with Gasteiger partial charge in [-0.2, -0.15) is 0 Å². The molecule has 8 heteroatoms. The Morgan fingerprint density at radius 1 is 1.00 bits per heavy atom. The number of benzene rings is 2. The number of ether oxygens (including phenoxy) is 2. The first kappa shape index (κ1) is 25.7. The molecule has 0 aliphatic rings. The molecule has 0 saturated carbocycles. The number of aliphatic imine (C=N–C) groups is 1. The summed E-state index contributed by atoms with van der Waals surface area (Å²) in [5.41, 5.74) is 7.88. The molecule has 0 bridgehead atoms. The van der Waals surface area contributed by atoms with Crippen molar-refractivity contribution < 1.29 is 19.1 Å². The fraction of sp³-hybridized carbons (Fsp3) is 0.400. The molecule has 2 aromatic rings. The average molecular weight is 455 g/mol. The van der Waals surface area contributed by atoms with Crippen LogP contribution in [0.5, 0.6) is 11.5 Å². The molecule has 1 unspecified atom stereocenters. The summed E-state index contributed by atoms with van der Waals surface area (Å²) in [5.74, 6) is 0.934. The van der Waals surface area contributed by atoms with Gasteiger partial charge >= 0.3 is 0 Å². The number of carbonyl (C=O) groups excluding carboxylic acids is 2. The third-order valence-corrected chi connectivity index (χ3v) is 4.89. The van der Waals surface area contributed by atoms with E-state index in [4.69, 9.17) is 15.2 Å². The van der Waals surface area contributed by atoms with Crippen LogP contribution >= 0.6 is 0 Å². The van der Waals surface area contributed by atoms with E-state index in [0.717, 1.165) is 11.1 Å². The summed E-state index contributed by atoms with van der Waals surface area (Å²) in [6.45, 7) is 4.29. The molecule has 8 nitrogen and oxygen atoms in total. The fourth-order valence-electron chi connectivity index (χ4n) is 3.28. The number of amides is 2. The van der Waals surface area contributed by atoms with Crippen LogP contribution in [0.25, 0.3) is 0 Å². The van der Waals surface area contributed by atoms with Crippen LogP contribution in [-0.2, 0) is 22.4 Å². The Morgan fingerprint density at radius 3 is 2.33 bits per heavy atom. The molecule has 33 heavy (non-hydrogen) atoms. The third-order valence-electron chi connectivity index (χ3n) is 4.89. The zero-order valence-corrected chi connectivity index (χ0v) is 19.8. The van der Waals surface area contributed by atoms with Gasteiger partial charge in [0.05, 0.1) is 14.2 Å². The highest BCUT2D eigenvalue weighted by Crippen LogP contribution is 2.27. The fourth-order valence-corrected chi connectivity index (χ4v) is 3.28. The number of hydrogen-bond acceptors (Lipinski definition) is 5. The van der Waals surface area contributed by atoms with E-state index in [1.54, 1.807) is 14.2 Å². The van der Waals surface area contributed by atoms with Gasteiger partial charge in [0.2, 0.25) is 11.8 Å². The van der Waals surface area contributed by atoms with E-state index in [0.29, 0.717) is 37.3 Å². The van der Waals surface area contributed by atoms with Crippen LogP contribution < -0.4 is 25.8 Å². The van der Waals surface area contributed by atoms with Crippen molar-refractivity contribution in [2.45, 2.75) is 39.2 Å². The van der Waals surface area contributed by atoms with Crippen LogP contribution in [0.2, 0.25) is 0 Å². The van der Waals surface area contributed by atoms with E-state index in [2.05, 4.69) is 15.6 Å². The first-order chi connectivity index (χ1) is 15.8. The van der Waals surface area contributed by atoms with Gasteiger partial charge in [0.25, 0.3) is 0 Å². The van der Waals surface area contributed by atoms with Crippen LogP contribution in [0.15, 0.2) is 53.5 Å². The Hall–Kier alpha value is -3.55. The molecule has 0 aliphatic heterocycles. The minimum absolute atomic E-state index is 0.0587. The quantitative estimate of drug-likeness (QED) is 0.356. The van der Waals surface area contributed by atoms with E-state index in [-0.39, 0.29) is 23.7 Å². The lowest BCUT2D eigenvalue weighted by Gasteiger charge is -2.15. The van der Waals surface area contributed by atoms with Gasteiger partial charge in [-0.25, -0.2) is 4.99 Å². The van der Waals surface area contributed by atoms with Gasteiger partial charge in [-0.1, -0.05) is 50.2 Å². The molecule has 0 aliphatic carbocycles. The molecule has 4 N–H and O–H groups in total. The Morgan fingerprint density at radius 2 is 1.70 bits per heavy atom. The predicted molar refractivity (Wildman–Crippen MR) is 129 cm³/mol. The molecule has 1 atom stereocenters. The number of rotatable bonds is 11. The molecular formula is C25H34N4O4. The molecule has 0 fully saturated rings. The monoisotopic (exact) mass is 454 g/mol. The van der Waals surface area contributed by atoms with Gasteiger partial charge in [0.15, 0.2) is 17.5 Å². The molecule has 2 amide bonds. The van der Waals surface area contributed by atoms with Crippen molar-refractivity contribution in [3.8, 4) is 11.5 Å². The molecule has 0 radical (unpaired) electrons. The highest BCUT2D eigenvalue weighted by atomic mass is 16.5. The maximum absolute atomic E-state index is 12.9. The summed E-state index contributed by atoms with van der Waals surface area (Å²) in [4.78, 5) is 29.2. The minimum atomic E-state index is -0.767. The maximum atomic E-state index is 12.9. The molecule has 0 heterocycles. The largest absolute Gasteiger partial charge is 0.493 e. The molecular weight excluding hydrogens is 420 g/mol. The van der Waals surface area contributed by atoms with Gasteiger partial charge in [0, 0.05) is 19.4 Å². The lowest BCUT2D eigenvalue weighted by molar-refractivity contribution is -0.122. The van der Waals surface area contributed by atoms with E-state index >= 15 is 0 Å². The highest BCUT2D eigenvalue weighted by Gasteiger charge is 2.19. The second-order valence-electron chi connectivity index (χ2n) is 8.10. The topological polar surface area (TPSA) is 115 Å². The number of nitrogens with one attached hydrogen (secondary N) is 2. The van der Waals surface area contributed by atoms with Crippen LogP contribution in [0.3, 0.4) is 0 Å². The second-order valence-corrected chi connectivity index (χ2v) is 8.10. The normalized spacial score (nSPS) is 12.2. The standard InChI is InChI=1S/C25H34N4O4/c1-17(2)14-23(30)29-25(26)28-20(15-18-8-6-5-7-9-18)24(31)27-13-12-19-10-11-21(32-3)22(16-19)33-4/h5-11,16-17,20H,12-15H2,1-4H3,(H,27,31)(H3,26,28,29,30). The SMILES string of the molecule is COc1ccc(CCNC(=O)C(Cc2ccccc2)N=C(N)NC(=O)CC(C)C)cc1OC. The van der Waals surface area contributed by atoms with Gasteiger partial charge in [-0.05, 0) is 35.6 Å². The summed E-state index contributed by atoms with van der Waals surface area (Å²) < 4.78 is 10.6. The maximum Gasteiger partial charge on any atom is 0.245 e. The van der Waals surface area contributed by atoms with Crippen molar-refractivity contribution in [3.05, 3.63) is 59.7 Å². The van der Waals surface area contributed by atoms with Crippen LogP contribution in [0.4, 0.5) is 0 Å². The van der Waals surface area contributed by atoms with Crippen molar-refractivity contribution >= 4 is 17.8 Å². The highest BCUT2D eigenvalue weighted by molar-refractivity contribution is 5.97. The van der Waals surface area contributed by atoms with Crippen LogP contribution in [-0.4, -0.2) is 44.6 Å². The van der Waals surface area contributed by atoms with Gasteiger partial charge in [0.1, 0.15) is 6.04 Å². The Labute approximate surface area is 195 Å². The Kier molecular flexibility index (Phi) is 10.2. The zero-order valence-electron chi connectivity index (χ0n) is 19.8. The summed E-state index contributed by atoms with van der Waals surface area (Å²) in [6, 6.07) is 14.4. The number of guanidine groups is 1. The smallest absolute Gasteiger partial charge is 0.245 e.